The zero-order valence-electron chi connectivity index (χ0n) is 14.5. The van der Waals surface area contributed by atoms with Crippen molar-refractivity contribution in [3.8, 4) is 0 Å². The number of alkyl halides is 3. The molecule has 6 nitrogen and oxygen atoms in total. The molecular formula is C15H19BrF3N5O. The molecule has 0 bridgehead atoms. The first kappa shape index (κ1) is 19.5. The maximum atomic E-state index is 13.0. The van der Waals surface area contributed by atoms with E-state index in [4.69, 9.17) is 0 Å². The molecule has 0 aliphatic rings. The molecule has 0 aromatic carbocycles. The molecule has 1 atom stereocenters. The molecule has 0 saturated carbocycles. The van der Waals surface area contributed by atoms with Gasteiger partial charge in [0, 0.05) is 32.4 Å². The number of carbonyl (C=O) groups is 1. The van der Waals surface area contributed by atoms with Gasteiger partial charge < -0.3 is 4.90 Å². The molecule has 2 rings (SSSR count). The van der Waals surface area contributed by atoms with Crippen molar-refractivity contribution >= 4 is 21.8 Å². The minimum absolute atomic E-state index is 0.148. The Labute approximate surface area is 151 Å². The first-order valence-corrected chi connectivity index (χ1v) is 8.28. The summed E-state index contributed by atoms with van der Waals surface area (Å²) in [5.41, 5.74) is 0.890. The SMILES string of the molecule is Cc1nn(C)cc1CN(C)C(=O)C(C)n1nc(C(F)(F)F)c(Br)c1C. The maximum absolute atomic E-state index is 13.0. The smallest absolute Gasteiger partial charge is 0.339 e. The van der Waals surface area contributed by atoms with Crippen LogP contribution in [0.15, 0.2) is 10.7 Å². The highest BCUT2D eigenvalue weighted by Crippen LogP contribution is 2.36. The van der Waals surface area contributed by atoms with Gasteiger partial charge in [0.1, 0.15) is 6.04 Å². The van der Waals surface area contributed by atoms with Gasteiger partial charge >= 0.3 is 6.18 Å². The maximum Gasteiger partial charge on any atom is 0.436 e. The number of halogens is 4. The van der Waals surface area contributed by atoms with Crippen molar-refractivity contribution in [3.63, 3.8) is 0 Å². The van der Waals surface area contributed by atoms with Crippen LogP contribution in [-0.4, -0.2) is 37.4 Å². The van der Waals surface area contributed by atoms with Crippen molar-refractivity contribution in [3.05, 3.63) is 33.3 Å². The zero-order chi connectivity index (χ0) is 19.1. The van der Waals surface area contributed by atoms with Crippen LogP contribution < -0.4 is 0 Å². The third kappa shape index (κ3) is 3.88. The first-order chi connectivity index (χ1) is 11.4. The van der Waals surface area contributed by atoms with Gasteiger partial charge in [-0.05, 0) is 36.7 Å². The molecule has 25 heavy (non-hydrogen) atoms. The predicted octanol–water partition coefficient (Wildman–Crippen LogP) is 3.23. The Morgan fingerprint density at radius 3 is 2.40 bits per heavy atom. The summed E-state index contributed by atoms with van der Waals surface area (Å²) in [6, 6.07) is -0.866. The van der Waals surface area contributed by atoms with Gasteiger partial charge in [0.25, 0.3) is 0 Å². The molecule has 0 N–H and O–H groups in total. The zero-order valence-corrected chi connectivity index (χ0v) is 16.1. The minimum atomic E-state index is -4.59. The molecule has 10 heteroatoms. The fraction of sp³-hybridized carbons (Fsp3) is 0.533. The molecule has 0 aliphatic heterocycles. The van der Waals surface area contributed by atoms with Crippen molar-refractivity contribution < 1.29 is 18.0 Å². The number of aromatic nitrogens is 4. The number of amides is 1. The number of carbonyl (C=O) groups excluding carboxylic acids is 1. The van der Waals surface area contributed by atoms with Gasteiger partial charge in [-0.25, -0.2) is 0 Å². The van der Waals surface area contributed by atoms with E-state index in [1.807, 2.05) is 6.92 Å². The lowest BCUT2D eigenvalue weighted by Gasteiger charge is -2.22. The van der Waals surface area contributed by atoms with E-state index < -0.39 is 17.9 Å². The van der Waals surface area contributed by atoms with Crippen LogP contribution in [0.2, 0.25) is 0 Å². The molecule has 2 heterocycles. The van der Waals surface area contributed by atoms with Crippen LogP contribution in [-0.2, 0) is 24.6 Å². The van der Waals surface area contributed by atoms with Gasteiger partial charge in [0.05, 0.1) is 15.9 Å². The minimum Gasteiger partial charge on any atom is -0.339 e. The monoisotopic (exact) mass is 421 g/mol. The van der Waals surface area contributed by atoms with Crippen molar-refractivity contribution in [1.82, 2.24) is 24.5 Å². The average molecular weight is 422 g/mol. The van der Waals surface area contributed by atoms with Crippen LogP contribution in [0.4, 0.5) is 13.2 Å². The number of nitrogens with zero attached hydrogens (tertiary/aromatic N) is 5. The molecule has 0 aliphatic carbocycles. The summed E-state index contributed by atoms with van der Waals surface area (Å²) in [5, 5.41) is 7.81. The Morgan fingerprint density at radius 2 is 1.96 bits per heavy atom. The van der Waals surface area contributed by atoms with E-state index in [-0.39, 0.29) is 16.1 Å². The molecule has 0 spiro atoms. The molecule has 1 amide bonds. The van der Waals surface area contributed by atoms with Gasteiger partial charge in [0.15, 0.2) is 5.69 Å². The van der Waals surface area contributed by atoms with Crippen LogP contribution in [0.3, 0.4) is 0 Å². The number of aryl methyl sites for hydroxylation is 2. The lowest BCUT2D eigenvalue weighted by Crippen LogP contribution is -2.33. The summed E-state index contributed by atoms with van der Waals surface area (Å²) >= 11 is 2.92. The van der Waals surface area contributed by atoms with Gasteiger partial charge in [-0.1, -0.05) is 0 Å². The normalized spacial score (nSPS) is 13.2. The second-order valence-electron chi connectivity index (χ2n) is 5.97. The highest BCUT2D eigenvalue weighted by atomic mass is 79.9. The Morgan fingerprint density at radius 1 is 1.36 bits per heavy atom. The molecule has 0 fully saturated rings. The van der Waals surface area contributed by atoms with E-state index in [0.717, 1.165) is 15.9 Å². The van der Waals surface area contributed by atoms with Gasteiger partial charge in [-0.2, -0.15) is 23.4 Å². The Balaban J connectivity index is 2.23. The lowest BCUT2D eigenvalue weighted by molar-refractivity contribution is -0.143. The van der Waals surface area contributed by atoms with Crippen molar-refractivity contribution in [2.24, 2.45) is 7.05 Å². The first-order valence-electron chi connectivity index (χ1n) is 7.49. The third-order valence-electron chi connectivity index (χ3n) is 3.97. The fourth-order valence-electron chi connectivity index (χ4n) is 2.62. The fourth-order valence-corrected chi connectivity index (χ4v) is 3.10. The van der Waals surface area contributed by atoms with E-state index >= 15 is 0 Å². The van der Waals surface area contributed by atoms with E-state index in [2.05, 4.69) is 26.1 Å². The number of hydrogen-bond acceptors (Lipinski definition) is 3. The lowest BCUT2D eigenvalue weighted by atomic mass is 10.2. The number of hydrogen-bond donors (Lipinski definition) is 0. The largest absolute Gasteiger partial charge is 0.436 e. The van der Waals surface area contributed by atoms with Gasteiger partial charge in [-0.3, -0.25) is 14.2 Å². The summed E-state index contributed by atoms with van der Waals surface area (Å²) in [6.45, 7) is 5.17. The summed E-state index contributed by atoms with van der Waals surface area (Å²) < 4.78 is 41.6. The van der Waals surface area contributed by atoms with Crippen molar-refractivity contribution in [2.75, 3.05) is 7.05 Å². The van der Waals surface area contributed by atoms with Crippen LogP contribution >= 0.6 is 15.9 Å². The number of rotatable bonds is 4. The van der Waals surface area contributed by atoms with Crippen LogP contribution in [0, 0.1) is 13.8 Å². The molecule has 2 aromatic rings. The second kappa shape index (κ2) is 6.81. The highest BCUT2D eigenvalue weighted by Gasteiger charge is 2.39. The Kier molecular flexibility index (Phi) is 5.31. The van der Waals surface area contributed by atoms with Crippen LogP contribution in [0.5, 0.6) is 0 Å². The second-order valence-corrected chi connectivity index (χ2v) is 6.77. The molecular weight excluding hydrogens is 403 g/mol. The topological polar surface area (TPSA) is 56.0 Å². The molecule has 138 valence electrons. The van der Waals surface area contributed by atoms with Gasteiger partial charge in [-0.15, -0.1) is 0 Å². The predicted molar refractivity (Wildman–Crippen MR) is 88.8 cm³/mol. The summed E-state index contributed by atoms with van der Waals surface area (Å²) in [7, 11) is 3.38. The molecule has 1 unspecified atom stereocenters. The quantitative estimate of drug-likeness (QED) is 0.761. The summed E-state index contributed by atoms with van der Waals surface area (Å²) in [6.07, 6.45) is -2.78. The third-order valence-corrected chi connectivity index (χ3v) is 4.92. The van der Waals surface area contributed by atoms with Crippen molar-refractivity contribution in [2.45, 2.75) is 39.5 Å². The standard InChI is InChI=1S/C15H19BrF3N5O/c1-8-11(7-23(5)20-8)6-22(4)14(25)10(3)24-9(2)12(16)13(21-24)15(17,18)19/h7,10H,6H2,1-5H3. The highest BCUT2D eigenvalue weighted by molar-refractivity contribution is 9.10. The average Bonchev–Trinajstić information content (AvgIpc) is 2.97. The van der Waals surface area contributed by atoms with Crippen LogP contribution in [0.25, 0.3) is 0 Å². The summed E-state index contributed by atoms with van der Waals surface area (Å²) in [4.78, 5) is 14.1. The van der Waals surface area contributed by atoms with E-state index in [1.165, 1.54) is 18.7 Å². The van der Waals surface area contributed by atoms with Gasteiger partial charge in [0.2, 0.25) is 5.91 Å². The molecule has 0 radical (unpaired) electrons. The molecule has 2 aromatic heterocycles. The van der Waals surface area contributed by atoms with E-state index in [1.54, 1.807) is 25.0 Å². The van der Waals surface area contributed by atoms with E-state index in [0.29, 0.717) is 6.54 Å². The summed E-state index contributed by atoms with van der Waals surface area (Å²) in [5.74, 6) is -0.338. The van der Waals surface area contributed by atoms with E-state index in [9.17, 15) is 18.0 Å². The Bertz CT molecular complexity index is 796. The Hall–Kier alpha value is -1.84. The number of likely N-dealkylation sites (N-methyl/N-ethyl adjacent to an activating group) is 1. The van der Waals surface area contributed by atoms with Crippen molar-refractivity contribution in [1.29, 1.82) is 0 Å². The van der Waals surface area contributed by atoms with Crippen LogP contribution in [0.1, 0.15) is 35.6 Å². The molecule has 0 saturated heterocycles.